The highest BCUT2D eigenvalue weighted by molar-refractivity contribution is 5.94. The lowest BCUT2D eigenvalue weighted by molar-refractivity contribution is -0.240. The Morgan fingerprint density at radius 2 is 1.83 bits per heavy atom. The number of hydrogen-bond acceptors (Lipinski definition) is 12. The highest BCUT2D eigenvalue weighted by Gasteiger charge is 3.04. The van der Waals surface area contributed by atoms with Gasteiger partial charge in [0.1, 0.15) is 17.6 Å². The number of carbonyl (C=O) groups excluding carboxylic acids is 4. The zero-order valence-corrected chi connectivity index (χ0v) is 20.0. The van der Waals surface area contributed by atoms with E-state index in [1.165, 1.54) is 13.8 Å². The second kappa shape index (κ2) is 6.16. The van der Waals surface area contributed by atoms with Gasteiger partial charge in [0.05, 0.1) is 11.3 Å². The van der Waals surface area contributed by atoms with Crippen molar-refractivity contribution in [3.8, 4) is 0 Å². The lowest BCUT2D eigenvalue weighted by atomic mass is 9.51. The number of esters is 4. The van der Waals surface area contributed by atoms with Gasteiger partial charge in [-0.1, -0.05) is 20.8 Å². The number of aliphatic hydroxyl groups is 2. The lowest BCUT2D eigenvalue weighted by Crippen LogP contribution is -2.67. The maximum atomic E-state index is 13.7. The van der Waals surface area contributed by atoms with Gasteiger partial charge in [-0.2, -0.15) is 0 Å². The SMILES string of the molecule is CC(N)C(=O)O[C@H]1C2OC(=O)[C@@H](C)[C@]2(O)C23OC4OC(=O)[C@H](O)C45C(C(C)(C)C)CC(OC2=O)C153. The molecule has 2 saturated carbocycles. The van der Waals surface area contributed by atoms with E-state index in [1.807, 2.05) is 20.8 Å². The van der Waals surface area contributed by atoms with Gasteiger partial charge in [0.15, 0.2) is 23.9 Å². The predicted molar refractivity (Wildman–Crippen MR) is 110 cm³/mol. The molecule has 2 spiro atoms. The first-order valence-electron chi connectivity index (χ1n) is 11.8. The molecule has 8 unspecified atom stereocenters. The molecular weight excluding hydrogens is 466 g/mol. The molecule has 4 N–H and O–H groups in total. The number of carbonyl (C=O) groups is 4. The van der Waals surface area contributed by atoms with Crippen molar-refractivity contribution in [3.05, 3.63) is 0 Å². The van der Waals surface area contributed by atoms with E-state index < -0.39 is 99.9 Å². The predicted octanol–water partition coefficient (Wildman–Crippen LogP) is -1.47. The van der Waals surface area contributed by atoms with E-state index in [1.54, 1.807) is 0 Å². The second-order valence-corrected chi connectivity index (χ2v) is 11.9. The molecule has 0 bridgehead atoms. The molecule has 4 aliphatic heterocycles. The molecule has 4 saturated heterocycles. The van der Waals surface area contributed by atoms with Gasteiger partial charge in [0, 0.05) is 0 Å². The molecular formula is C23H29NO11. The third-order valence-corrected chi connectivity index (χ3v) is 9.58. The van der Waals surface area contributed by atoms with Crippen LogP contribution in [-0.4, -0.2) is 82.0 Å². The van der Waals surface area contributed by atoms with Crippen molar-refractivity contribution in [1.82, 2.24) is 0 Å². The summed E-state index contributed by atoms with van der Waals surface area (Å²) in [4.78, 5) is 52.1. The molecule has 0 amide bonds. The van der Waals surface area contributed by atoms with Gasteiger partial charge in [0.25, 0.3) is 0 Å². The summed E-state index contributed by atoms with van der Waals surface area (Å²) < 4.78 is 29.0. The average Bonchev–Trinajstić information content (AvgIpc) is 3.46. The van der Waals surface area contributed by atoms with Gasteiger partial charge >= 0.3 is 23.9 Å². The Hall–Kier alpha value is -2.28. The maximum Gasteiger partial charge on any atom is 0.343 e. The molecule has 4 heterocycles. The minimum Gasteiger partial charge on any atom is -0.459 e. The molecule has 12 nitrogen and oxygen atoms in total. The van der Waals surface area contributed by atoms with Gasteiger partial charge in [-0.15, -0.1) is 0 Å². The summed E-state index contributed by atoms with van der Waals surface area (Å²) in [6, 6.07) is -1.10. The third-order valence-electron chi connectivity index (χ3n) is 9.58. The van der Waals surface area contributed by atoms with Gasteiger partial charge in [-0.25, -0.2) is 9.59 Å². The van der Waals surface area contributed by atoms with Crippen LogP contribution < -0.4 is 5.73 Å². The topological polar surface area (TPSA) is 181 Å². The van der Waals surface area contributed by atoms with Crippen molar-refractivity contribution < 1.29 is 53.1 Å². The Labute approximate surface area is 200 Å². The Bertz CT molecular complexity index is 1080. The highest BCUT2D eigenvalue weighted by atomic mass is 16.8. The van der Waals surface area contributed by atoms with Crippen molar-refractivity contribution >= 4 is 23.9 Å². The van der Waals surface area contributed by atoms with Crippen LogP contribution in [-0.2, 0) is 42.9 Å². The van der Waals surface area contributed by atoms with Crippen LogP contribution >= 0.6 is 0 Å². The molecule has 12 heteroatoms. The Morgan fingerprint density at radius 1 is 1.17 bits per heavy atom. The quantitative estimate of drug-likeness (QED) is 0.299. The number of hydrogen-bond donors (Lipinski definition) is 3. The van der Waals surface area contributed by atoms with Gasteiger partial charge < -0.3 is 39.6 Å². The fourth-order valence-electron chi connectivity index (χ4n) is 8.47. The molecule has 12 atom stereocenters. The van der Waals surface area contributed by atoms with Crippen molar-refractivity contribution in [1.29, 1.82) is 0 Å². The van der Waals surface area contributed by atoms with Gasteiger partial charge in [-0.05, 0) is 31.6 Å². The van der Waals surface area contributed by atoms with E-state index in [9.17, 15) is 29.4 Å². The number of ether oxygens (including phenoxy) is 5. The summed E-state index contributed by atoms with van der Waals surface area (Å²) in [5.74, 6) is -5.48. The molecule has 6 fully saturated rings. The number of nitrogens with two attached hydrogens (primary N) is 1. The van der Waals surface area contributed by atoms with E-state index in [0.717, 1.165) is 0 Å². The summed E-state index contributed by atoms with van der Waals surface area (Å²) in [6.45, 7) is 8.46. The smallest absolute Gasteiger partial charge is 0.343 e. The van der Waals surface area contributed by atoms with Crippen LogP contribution in [0.15, 0.2) is 0 Å². The fourth-order valence-corrected chi connectivity index (χ4v) is 8.47. The molecule has 192 valence electrons. The molecule has 35 heavy (non-hydrogen) atoms. The van der Waals surface area contributed by atoms with Crippen LogP contribution in [0.5, 0.6) is 0 Å². The summed E-state index contributed by atoms with van der Waals surface area (Å²) in [5, 5.41) is 23.7. The zero-order chi connectivity index (χ0) is 25.7. The largest absolute Gasteiger partial charge is 0.459 e. The number of aliphatic hydroxyl groups excluding tert-OH is 1. The number of fused-ring (bicyclic) bond motifs is 1. The molecule has 6 aliphatic rings. The average molecular weight is 495 g/mol. The normalized spacial score (nSPS) is 53.9. The van der Waals surface area contributed by atoms with Crippen molar-refractivity contribution in [3.63, 3.8) is 0 Å². The van der Waals surface area contributed by atoms with E-state index in [0.29, 0.717) is 0 Å². The zero-order valence-electron chi connectivity index (χ0n) is 20.0. The molecule has 2 aliphatic carbocycles. The Balaban J connectivity index is 1.71. The second-order valence-electron chi connectivity index (χ2n) is 11.9. The molecule has 6 rings (SSSR count). The first-order valence-corrected chi connectivity index (χ1v) is 11.8. The van der Waals surface area contributed by atoms with Crippen molar-refractivity contribution in [2.75, 3.05) is 0 Å². The van der Waals surface area contributed by atoms with Gasteiger partial charge in [-0.3, -0.25) is 9.59 Å². The van der Waals surface area contributed by atoms with E-state index >= 15 is 0 Å². The monoisotopic (exact) mass is 495 g/mol. The third kappa shape index (κ3) is 1.95. The van der Waals surface area contributed by atoms with Crippen molar-refractivity contribution in [2.24, 2.45) is 33.8 Å². The molecule has 0 aromatic rings. The van der Waals surface area contributed by atoms with Crippen LogP contribution in [0.1, 0.15) is 41.0 Å². The minimum atomic E-state index is -2.34. The Kier molecular flexibility index (Phi) is 4.07. The Morgan fingerprint density at radius 3 is 2.43 bits per heavy atom. The minimum absolute atomic E-state index is 0.169. The van der Waals surface area contributed by atoms with Crippen LogP contribution in [0.3, 0.4) is 0 Å². The highest BCUT2D eigenvalue weighted by Crippen LogP contribution is 2.85. The summed E-state index contributed by atoms with van der Waals surface area (Å²) in [7, 11) is 0. The van der Waals surface area contributed by atoms with Crippen LogP contribution in [0.25, 0.3) is 0 Å². The summed E-state index contributed by atoms with van der Waals surface area (Å²) in [6.07, 6.45) is -7.17. The maximum absolute atomic E-state index is 13.7. The number of rotatable bonds is 2. The molecule has 0 radical (unpaired) electrons. The standard InChI is InChI=1S/C23H29NO11/c1-7-14(26)33-13-12(32-15(27)8(2)24)21-10-6-9(19(3,4)5)20(21)11(25)16(28)34-18(20)35-23(21,17(29)31-10)22(7,13)30/h7-13,18,25,30H,6,24H2,1-5H3/t7-,8?,9?,10?,11+,12+,13?,18?,20?,21?,22-,23?/m1/s1. The summed E-state index contributed by atoms with van der Waals surface area (Å²) >= 11 is 0. The fraction of sp³-hybridized carbons (Fsp3) is 0.826. The van der Waals surface area contributed by atoms with Crippen LogP contribution in [0, 0.1) is 28.1 Å². The lowest BCUT2D eigenvalue weighted by Gasteiger charge is -2.48. The first-order chi connectivity index (χ1) is 16.1. The first kappa shape index (κ1) is 23.1. The van der Waals surface area contributed by atoms with E-state index in [-0.39, 0.29) is 6.42 Å². The van der Waals surface area contributed by atoms with E-state index in [4.69, 9.17) is 29.4 Å². The van der Waals surface area contributed by atoms with Crippen molar-refractivity contribution in [2.45, 2.75) is 89.0 Å². The van der Waals surface area contributed by atoms with Gasteiger partial charge in [0.2, 0.25) is 11.9 Å². The van der Waals surface area contributed by atoms with Crippen LogP contribution in [0.2, 0.25) is 0 Å². The van der Waals surface area contributed by atoms with Crippen LogP contribution in [0.4, 0.5) is 0 Å². The molecule has 0 aromatic heterocycles. The van der Waals surface area contributed by atoms with E-state index in [2.05, 4.69) is 0 Å². The molecule has 0 aromatic carbocycles. The summed E-state index contributed by atoms with van der Waals surface area (Å²) in [5.41, 5.74) is -2.92.